The van der Waals surface area contributed by atoms with E-state index in [-0.39, 0.29) is 5.41 Å². The zero-order valence-corrected chi connectivity index (χ0v) is 17.5. The molecule has 1 fully saturated rings. The minimum atomic E-state index is 0.228. The van der Waals surface area contributed by atoms with E-state index >= 15 is 0 Å². The number of nitrogens with one attached hydrogen (secondary N) is 1. The van der Waals surface area contributed by atoms with Crippen LogP contribution < -0.4 is 10.1 Å². The summed E-state index contributed by atoms with van der Waals surface area (Å²) < 4.78 is 7.72. The Morgan fingerprint density at radius 3 is 2.96 bits per heavy atom. The van der Waals surface area contributed by atoms with Crippen LogP contribution in [0, 0.1) is 0 Å². The minimum Gasteiger partial charge on any atom is -0.497 e. The van der Waals surface area contributed by atoms with E-state index in [0.717, 1.165) is 38.3 Å². The summed E-state index contributed by atoms with van der Waals surface area (Å²) in [5, 5.41) is 3.70. The molecule has 0 saturated carbocycles. The van der Waals surface area contributed by atoms with Crippen molar-refractivity contribution in [3.05, 3.63) is 48.0 Å². The molecule has 2 aliphatic rings. The Labute approximate surface area is 169 Å². The number of aromatic nitrogens is 2. The maximum absolute atomic E-state index is 5.58. The third-order valence-electron chi connectivity index (χ3n) is 7.15. The average molecular weight is 383 g/mol. The quantitative estimate of drug-likeness (QED) is 0.709. The molecule has 1 saturated heterocycles. The lowest BCUT2D eigenvalue weighted by Gasteiger charge is -2.56. The number of rotatable bonds is 8. The number of imidazole rings is 1. The molecule has 2 unspecified atom stereocenters. The summed E-state index contributed by atoms with van der Waals surface area (Å²) in [4.78, 5) is 6.83. The number of ether oxygens (including phenoxy) is 1. The fourth-order valence-corrected chi connectivity index (χ4v) is 5.38. The number of fused-ring (bicyclic) bond motifs is 4. The van der Waals surface area contributed by atoms with Crippen molar-refractivity contribution >= 4 is 0 Å². The summed E-state index contributed by atoms with van der Waals surface area (Å²) in [6.45, 7) is 9.04. The van der Waals surface area contributed by atoms with Crippen LogP contribution in [0.3, 0.4) is 0 Å². The summed E-state index contributed by atoms with van der Waals surface area (Å²) in [6.07, 6.45) is 10.6. The predicted octanol–water partition coefficient (Wildman–Crippen LogP) is 3.59. The third kappa shape index (κ3) is 3.58. The third-order valence-corrected chi connectivity index (χ3v) is 7.15. The monoisotopic (exact) mass is 382 g/mol. The molecule has 0 amide bonds. The molecule has 1 aromatic carbocycles. The van der Waals surface area contributed by atoms with Crippen molar-refractivity contribution in [2.75, 3.05) is 20.2 Å². The van der Waals surface area contributed by atoms with Crippen LogP contribution in [0.4, 0.5) is 0 Å². The van der Waals surface area contributed by atoms with Gasteiger partial charge in [-0.2, -0.15) is 0 Å². The second-order valence-electron chi connectivity index (χ2n) is 8.57. The van der Waals surface area contributed by atoms with Crippen molar-refractivity contribution in [1.29, 1.82) is 0 Å². The molecule has 2 aromatic rings. The highest BCUT2D eigenvalue weighted by Gasteiger charge is 2.49. The molecular weight excluding hydrogens is 348 g/mol. The topological polar surface area (TPSA) is 42.3 Å². The normalized spacial score (nSPS) is 28.8. The van der Waals surface area contributed by atoms with Gasteiger partial charge >= 0.3 is 0 Å². The number of methoxy groups -OCH3 is 1. The highest BCUT2D eigenvalue weighted by atomic mass is 16.5. The summed E-state index contributed by atoms with van der Waals surface area (Å²) in [5.41, 5.74) is 3.25. The summed E-state index contributed by atoms with van der Waals surface area (Å²) in [7, 11) is 1.78. The number of aryl methyl sites for hydroxylation is 1. The summed E-state index contributed by atoms with van der Waals surface area (Å²) in [6, 6.07) is 7.97. The Hall–Kier alpha value is -1.85. The fraction of sp³-hybridized carbons (Fsp3) is 0.609. The van der Waals surface area contributed by atoms with Gasteiger partial charge in [-0.05, 0) is 75.9 Å². The molecule has 5 nitrogen and oxygen atoms in total. The zero-order chi connectivity index (χ0) is 19.6. The SMILES string of the molecule is COc1ccc2c(c1)[C@]1(CCNCCCn3ccnc3)CCC(C)N(C2)[C@@H]1C. The van der Waals surface area contributed by atoms with Gasteiger partial charge in [0.25, 0.3) is 0 Å². The second-order valence-corrected chi connectivity index (χ2v) is 8.57. The van der Waals surface area contributed by atoms with Crippen LogP contribution in [-0.2, 0) is 18.5 Å². The van der Waals surface area contributed by atoms with Crippen LogP contribution in [0.15, 0.2) is 36.9 Å². The van der Waals surface area contributed by atoms with Crippen LogP contribution in [-0.4, -0.2) is 46.7 Å². The zero-order valence-electron chi connectivity index (χ0n) is 17.5. The second kappa shape index (κ2) is 8.26. The van der Waals surface area contributed by atoms with Crippen LogP contribution in [0.1, 0.15) is 50.7 Å². The Morgan fingerprint density at radius 1 is 1.29 bits per heavy atom. The van der Waals surface area contributed by atoms with Gasteiger partial charge in [-0.25, -0.2) is 4.98 Å². The Balaban J connectivity index is 1.44. The van der Waals surface area contributed by atoms with Gasteiger partial charge in [0, 0.05) is 43.0 Å². The van der Waals surface area contributed by atoms with E-state index in [2.05, 4.69) is 51.8 Å². The highest BCUT2D eigenvalue weighted by Crippen LogP contribution is 2.49. The summed E-state index contributed by atoms with van der Waals surface area (Å²) in [5.74, 6) is 0.991. The molecule has 3 heterocycles. The fourth-order valence-electron chi connectivity index (χ4n) is 5.38. The Morgan fingerprint density at radius 2 is 2.18 bits per heavy atom. The average Bonchev–Trinajstić information content (AvgIpc) is 3.22. The van der Waals surface area contributed by atoms with Gasteiger partial charge in [-0.15, -0.1) is 0 Å². The van der Waals surface area contributed by atoms with Gasteiger partial charge < -0.3 is 14.6 Å². The molecule has 2 aliphatic heterocycles. The molecule has 4 atom stereocenters. The number of piperidine rings is 1. The van der Waals surface area contributed by atoms with Crippen molar-refractivity contribution in [1.82, 2.24) is 19.8 Å². The molecule has 0 radical (unpaired) electrons. The van der Waals surface area contributed by atoms with Crippen molar-refractivity contribution in [2.24, 2.45) is 0 Å². The van der Waals surface area contributed by atoms with Gasteiger partial charge in [-0.1, -0.05) is 6.07 Å². The number of benzene rings is 1. The van der Waals surface area contributed by atoms with Gasteiger partial charge in [0.15, 0.2) is 0 Å². The molecule has 4 rings (SSSR count). The molecule has 2 bridgehead atoms. The molecular formula is C23H34N4O. The van der Waals surface area contributed by atoms with Crippen LogP contribution in [0.5, 0.6) is 5.75 Å². The van der Waals surface area contributed by atoms with Crippen LogP contribution >= 0.6 is 0 Å². The van der Waals surface area contributed by atoms with E-state index in [1.165, 1.54) is 30.4 Å². The molecule has 1 N–H and O–H groups in total. The van der Waals surface area contributed by atoms with E-state index in [9.17, 15) is 0 Å². The smallest absolute Gasteiger partial charge is 0.119 e. The first-order valence-corrected chi connectivity index (χ1v) is 10.7. The molecule has 28 heavy (non-hydrogen) atoms. The van der Waals surface area contributed by atoms with E-state index in [1.807, 2.05) is 18.7 Å². The lowest BCUT2D eigenvalue weighted by atomic mass is 9.62. The van der Waals surface area contributed by atoms with E-state index in [1.54, 1.807) is 7.11 Å². The number of nitrogens with zero attached hydrogens (tertiary/aromatic N) is 3. The van der Waals surface area contributed by atoms with E-state index < -0.39 is 0 Å². The summed E-state index contributed by atoms with van der Waals surface area (Å²) >= 11 is 0. The number of hydrogen-bond donors (Lipinski definition) is 1. The van der Waals surface area contributed by atoms with Crippen molar-refractivity contribution < 1.29 is 4.74 Å². The molecule has 0 aliphatic carbocycles. The predicted molar refractivity (Wildman–Crippen MR) is 113 cm³/mol. The van der Waals surface area contributed by atoms with Gasteiger partial charge in [0.1, 0.15) is 5.75 Å². The lowest BCUT2D eigenvalue weighted by Crippen LogP contribution is -2.60. The number of hydrogen-bond acceptors (Lipinski definition) is 4. The van der Waals surface area contributed by atoms with Gasteiger partial charge in [-0.3, -0.25) is 4.90 Å². The highest BCUT2D eigenvalue weighted by molar-refractivity contribution is 5.44. The van der Waals surface area contributed by atoms with Crippen molar-refractivity contribution in [3.63, 3.8) is 0 Å². The first-order valence-electron chi connectivity index (χ1n) is 10.7. The lowest BCUT2D eigenvalue weighted by molar-refractivity contribution is 0.00809. The van der Waals surface area contributed by atoms with Gasteiger partial charge in [0.2, 0.25) is 0 Å². The van der Waals surface area contributed by atoms with Crippen molar-refractivity contribution in [2.45, 2.75) is 70.1 Å². The minimum absolute atomic E-state index is 0.228. The first-order chi connectivity index (χ1) is 13.6. The van der Waals surface area contributed by atoms with Crippen LogP contribution in [0.2, 0.25) is 0 Å². The Bertz CT molecular complexity index is 775. The first kappa shape index (κ1) is 19.5. The molecule has 1 aromatic heterocycles. The van der Waals surface area contributed by atoms with Crippen LogP contribution in [0.25, 0.3) is 0 Å². The maximum atomic E-state index is 5.58. The van der Waals surface area contributed by atoms with E-state index in [0.29, 0.717) is 12.1 Å². The molecule has 152 valence electrons. The molecule has 5 heteroatoms. The van der Waals surface area contributed by atoms with Gasteiger partial charge in [0.05, 0.1) is 13.4 Å². The standard InChI is InChI=1S/C23H34N4O/c1-18-7-8-23(9-11-24-10-4-13-26-14-12-25-17-26)19(2)27(18)16-20-5-6-21(28-3)15-22(20)23/h5-6,12,14-15,17-19,24H,4,7-11,13,16H2,1-3H3/t18?,19-,23+/m1/s1. The Kier molecular flexibility index (Phi) is 5.74. The largest absolute Gasteiger partial charge is 0.497 e. The van der Waals surface area contributed by atoms with E-state index in [4.69, 9.17) is 4.74 Å². The van der Waals surface area contributed by atoms with Crippen molar-refractivity contribution in [3.8, 4) is 5.75 Å². The molecule has 0 spiro atoms. The maximum Gasteiger partial charge on any atom is 0.119 e.